The average molecular weight is 394 g/mol. The van der Waals surface area contributed by atoms with E-state index in [9.17, 15) is 9.59 Å². The maximum absolute atomic E-state index is 11.9. The normalized spacial score (nSPS) is 10.6. The third kappa shape index (κ3) is 5.47. The van der Waals surface area contributed by atoms with Crippen LogP contribution in [0.5, 0.6) is 5.75 Å². The van der Waals surface area contributed by atoms with E-state index in [2.05, 4.69) is 15.8 Å². The van der Waals surface area contributed by atoms with Crippen LogP contribution in [0.4, 0.5) is 5.69 Å². The molecule has 8 heteroatoms. The molecule has 2 aromatic carbocycles. The number of hydrazone groups is 1. The number of halogens is 2. The van der Waals surface area contributed by atoms with E-state index in [-0.39, 0.29) is 0 Å². The van der Waals surface area contributed by atoms with E-state index >= 15 is 0 Å². The second kappa shape index (κ2) is 9.22. The number of benzene rings is 2. The van der Waals surface area contributed by atoms with Gasteiger partial charge in [-0.2, -0.15) is 5.10 Å². The SMILES string of the molecule is CCOc1ccc(Cl)cc1/C=N\NC(=O)C(=O)Nc1ccc(C)c(Cl)c1. The maximum atomic E-state index is 11.9. The van der Waals surface area contributed by atoms with Gasteiger partial charge in [-0.3, -0.25) is 9.59 Å². The number of nitrogens with zero attached hydrogens (tertiary/aromatic N) is 1. The summed E-state index contributed by atoms with van der Waals surface area (Å²) in [6, 6.07) is 9.96. The van der Waals surface area contributed by atoms with Crippen LogP contribution < -0.4 is 15.5 Å². The van der Waals surface area contributed by atoms with Gasteiger partial charge in [0.25, 0.3) is 0 Å². The number of aryl methyl sites for hydroxylation is 1. The van der Waals surface area contributed by atoms with Gasteiger partial charge in [0.15, 0.2) is 0 Å². The third-order valence-electron chi connectivity index (χ3n) is 3.28. The molecule has 0 aliphatic rings. The number of carbonyl (C=O) groups excluding carboxylic acids is 2. The number of hydrogen-bond acceptors (Lipinski definition) is 4. The zero-order valence-electron chi connectivity index (χ0n) is 14.2. The Morgan fingerprint density at radius 2 is 1.92 bits per heavy atom. The van der Waals surface area contributed by atoms with Crippen LogP contribution in [-0.4, -0.2) is 24.6 Å². The lowest BCUT2D eigenvalue weighted by Crippen LogP contribution is -2.32. The molecule has 136 valence electrons. The minimum atomic E-state index is -0.919. The second-order valence-corrected chi connectivity index (χ2v) is 6.08. The Hall–Kier alpha value is -2.57. The molecule has 0 spiro atoms. The van der Waals surface area contributed by atoms with Crippen LogP contribution in [0.15, 0.2) is 41.5 Å². The largest absolute Gasteiger partial charge is 0.493 e. The van der Waals surface area contributed by atoms with Gasteiger partial charge in [0.2, 0.25) is 0 Å². The molecule has 0 saturated carbocycles. The number of ether oxygens (including phenoxy) is 1. The molecule has 0 unspecified atom stereocenters. The van der Waals surface area contributed by atoms with Crippen LogP contribution in [0.25, 0.3) is 0 Å². The molecule has 0 aliphatic carbocycles. The summed E-state index contributed by atoms with van der Waals surface area (Å²) in [4.78, 5) is 23.7. The maximum Gasteiger partial charge on any atom is 0.329 e. The molecule has 0 bridgehead atoms. The van der Waals surface area contributed by atoms with Crippen molar-refractivity contribution in [2.24, 2.45) is 5.10 Å². The Kier molecular flexibility index (Phi) is 7.00. The van der Waals surface area contributed by atoms with Crippen molar-refractivity contribution in [3.63, 3.8) is 0 Å². The highest BCUT2D eigenvalue weighted by molar-refractivity contribution is 6.40. The first kappa shape index (κ1) is 19.8. The Bertz CT molecular complexity index is 854. The van der Waals surface area contributed by atoms with Gasteiger partial charge in [-0.15, -0.1) is 0 Å². The van der Waals surface area contributed by atoms with Gasteiger partial charge in [0, 0.05) is 21.3 Å². The van der Waals surface area contributed by atoms with Crippen molar-refractivity contribution in [1.82, 2.24) is 5.43 Å². The molecule has 0 aromatic heterocycles. The Balaban J connectivity index is 1.99. The Morgan fingerprint density at radius 1 is 1.15 bits per heavy atom. The molecule has 0 heterocycles. The highest BCUT2D eigenvalue weighted by atomic mass is 35.5. The molecule has 26 heavy (non-hydrogen) atoms. The van der Waals surface area contributed by atoms with E-state index in [0.717, 1.165) is 5.56 Å². The molecule has 0 atom stereocenters. The fourth-order valence-corrected chi connectivity index (χ4v) is 2.34. The number of hydrogen-bond donors (Lipinski definition) is 2. The minimum absolute atomic E-state index is 0.415. The molecular formula is C18H17Cl2N3O3. The minimum Gasteiger partial charge on any atom is -0.493 e. The monoisotopic (exact) mass is 393 g/mol. The summed E-state index contributed by atoms with van der Waals surface area (Å²) < 4.78 is 5.44. The third-order valence-corrected chi connectivity index (χ3v) is 3.92. The topological polar surface area (TPSA) is 79.8 Å². The van der Waals surface area contributed by atoms with Crippen molar-refractivity contribution < 1.29 is 14.3 Å². The van der Waals surface area contributed by atoms with E-state index in [0.29, 0.717) is 33.7 Å². The molecule has 2 N–H and O–H groups in total. The summed E-state index contributed by atoms with van der Waals surface area (Å²) >= 11 is 11.9. The number of amides is 2. The van der Waals surface area contributed by atoms with Gasteiger partial charge in [-0.05, 0) is 49.7 Å². The van der Waals surface area contributed by atoms with Gasteiger partial charge < -0.3 is 10.1 Å². The molecule has 2 amide bonds. The molecule has 0 radical (unpaired) electrons. The second-order valence-electron chi connectivity index (χ2n) is 5.23. The van der Waals surface area contributed by atoms with Crippen LogP contribution in [-0.2, 0) is 9.59 Å². The molecule has 0 fully saturated rings. The standard InChI is InChI=1S/C18H17Cl2N3O3/c1-3-26-16-7-5-13(19)8-12(16)10-21-23-18(25)17(24)22-14-6-4-11(2)15(20)9-14/h4-10H,3H2,1-2H3,(H,22,24)(H,23,25)/b21-10-. The van der Waals surface area contributed by atoms with Crippen LogP contribution >= 0.6 is 23.2 Å². The lowest BCUT2D eigenvalue weighted by Gasteiger charge is -2.07. The van der Waals surface area contributed by atoms with Crippen LogP contribution in [0, 0.1) is 6.92 Å². The fourth-order valence-electron chi connectivity index (χ4n) is 1.98. The zero-order chi connectivity index (χ0) is 19.1. The lowest BCUT2D eigenvalue weighted by molar-refractivity contribution is -0.136. The van der Waals surface area contributed by atoms with Crippen LogP contribution in [0.2, 0.25) is 10.0 Å². The van der Waals surface area contributed by atoms with E-state index in [1.165, 1.54) is 6.21 Å². The van der Waals surface area contributed by atoms with Gasteiger partial charge in [0.05, 0.1) is 12.8 Å². The average Bonchev–Trinajstić information content (AvgIpc) is 2.60. The van der Waals surface area contributed by atoms with Crippen molar-refractivity contribution >= 4 is 46.9 Å². The summed E-state index contributed by atoms with van der Waals surface area (Å²) in [5, 5.41) is 7.20. The summed E-state index contributed by atoms with van der Waals surface area (Å²) in [6.45, 7) is 4.15. The summed E-state index contributed by atoms with van der Waals surface area (Å²) in [6.07, 6.45) is 1.35. The summed E-state index contributed by atoms with van der Waals surface area (Å²) in [7, 11) is 0. The highest BCUT2D eigenvalue weighted by Gasteiger charge is 2.13. The van der Waals surface area contributed by atoms with Crippen molar-refractivity contribution in [3.8, 4) is 5.75 Å². The Labute approximate surface area is 161 Å². The fraction of sp³-hybridized carbons (Fsp3) is 0.167. The molecular weight excluding hydrogens is 377 g/mol. The molecule has 0 saturated heterocycles. The van der Waals surface area contributed by atoms with Crippen molar-refractivity contribution in [3.05, 3.63) is 57.6 Å². The first-order valence-electron chi connectivity index (χ1n) is 7.73. The number of anilines is 1. The smallest absolute Gasteiger partial charge is 0.329 e. The van der Waals surface area contributed by atoms with Crippen LogP contribution in [0.1, 0.15) is 18.1 Å². The van der Waals surface area contributed by atoms with Gasteiger partial charge in [-0.25, -0.2) is 5.43 Å². The molecule has 2 aromatic rings. The Morgan fingerprint density at radius 3 is 2.62 bits per heavy atom. The van der Waals surface area contributed by atoms with E-state index in [1.807, 2.05) is 13.8 Å². The highest BCUT2D eigenvalue weighted by Crippen LogP contribution is 2.21. The lowest BCUT2D eigenvalue weighted by atomic mass is 10.2. The molecule has 0 aliphatic heterocycles. The first-order valence-corrected chi connectivity index (χ1v) is 8.49. The zero-order valence-corrected chi connectivity index (χ0v) is 15.7. The summed E-state index contributed by atoms with van der Waals surface area (Å²) in [5.41, 5.74) is 4.01. The molecule has 6 nitrogen and oxygen atoms in total. The van der Waals surface area contributed by atoms with Gasteiger partial charge >= 0.3 is 11.8 Å². The van der Waals surface area contributed by atoms with Crippen molar-refractivity contribution in [1.29, 1.82) is 0 Å². The first-order chi connectivity index (χ1) is 12.4. The predicted molar refractivity (Wildman–Crippen MR) is 103 cm³/mol. The molecule has 2 rings (SSSR count). The van der Waals surface area contributed by atoms with Crippen molar-refractivity contribution in [2.45, 2.75) is 13.8 Å². The van der Waals surface area contributed by atoms with E-state index in [1.54, 1.807) is 36.4 Å². The number of rotatable bonds is 5. The number of carbonyl (C=O) groups is 2. The van der Waals surface area contributed by atoms with Crippen molar-refractivity contribution in [2.75, 3.05) is 11.9 Å². The van der Waals surface area contributed by atoms with Gasteiger partial charge in [0.1, 0.15) is 5.75 Å². The van der Waals surface area contributed by atoms with E-state index < -0.39 is 11.8 Å². The number of nitrogens with one attached hydrogen (secondary N) is 2. The summed E-state index contributed by atoms with van der Waals surface area (Å²) in [5.74, 6) is -1.22. The van der Waals surface area contributed by atoms with Crippen LogP contribution in [0.3, 0.4) is 0 Å². The quantitative estimate of drug-likeness (QED) is 0.460. The van der Waals surface area contributed by atoms with E-state index in [4.69, 9.17) is 27.9 Å². The predicted octanol–water partition coefficient (Wildman–Crippen LogP) is 3.79. The van der Waals surface area contributed by atoms with Gasteiger partial charge in [-0.1, -0.05) is 29.3 Å².